The maximum atomic E-state index is 11.5. The van der Waals surface area contributed by atoms with Gasteiger partial charge in [-0.2, -0.15) is 0 Å². The summed E-state index contributed by atoms with van der Waals surface area (Å²) in [6.07, 6.45) is 7.96. The molecule has 3 rings (SSSR count). The van der Waals surface area contributed by atoms with Crippen molar-refractivity contribution in [2.75, 3.05) is 45.6 Å². The van der Waals surface area contributed by atoms with E-state index in [-0.39, 0.29) is 24.0 Å². The maximum absolute atomic E-state index is 11.5. The summed E-state index contributed by atoms with van der Waals surface area (Å²) in [6, 6.07) is 6.93. The van der Waals surface area contributed by atoms with E-state index in [1.54, 1.807) is 24.3 Å². The normalized spacial score (nSPS) is 20.5. The number of hydrogen-bond acceptors (Lipinski definition) is 5. The molecule has 7 nitrogen and oxygen atoms in total. The summed E-state index contributed by atoms with van der Waals surface area (Å²) in [5.41, 5.74) is 0. The van der Waals surface area contributed by atoms with Crippen LogP contribution in [-0.4, -0.2) is 70.9 Å². The molecule has 1 heterocycles. The second-order valence-corrected chi connectivity index (χ2v) is 10.4. The van der Waals surface area contributed by atoms with Crippen molar-refractivity contribution in [1.29, 1.82) is 0 Å². The minimum atomic E-state index is -3.18. The Hall–Kier alpha value is -1.07. The first-order chi connectivity index (χ1) is 14.4. The van der Waals surface area contributed by atoms with Gasteiger partial charge in [0.15, 0.2) is 15.8 Å². The summed E-state index contributed by atoms with van der Waals surface area (Å²) < 4.78 is 28.7. The Morgan fingerprint density at radius 2 is 1.90 bits per heavy atom. The lowest BCUT2D eigenvalue weighted by Crippen LogP contribution is -2.45. The molecule has 1 aliphatic heterocycles. The Morgan fingerprint density at radius 1 is 1.19 bits per heavy atom. The molecule has 0 aromatic heterocycles. The predicted octanol–water partition coefficient (Wildman–Crippen LogP) is 2.91. The van der Waals surface area contributed by atoms with Gasteiger partial charge in [0.1, 0.15) is 12.4 Å². The van der Waals surface area contributed by atoms with Crippen molar-refractivity contribution in [2.45, 2.75) is 50.0 Å². The van der Waals surface area contributed by atoms with Gasteiger partial charge in [-0.3, -0.25) is 0 Å². The maximum Gasteiger partial charge on any atom is 0.191 e. The molecule has 176 valence electrons. The van der Waals surface area contributed by atoms with E-state index in [0.29, 0.717) is 29.8 Å². The van der Waals surface area contributed by atoms with Crippen molar-refractivity contribution in [3.63, 3.8) is 0 Å². The van der Waals surface area contributed by atoms with Gasteiger partial charge in [-0.1, -0.05) is 12.8 Å². The minimum absolute atomic E-state index is 0. The zero-order valence-electron chi connectivity index (χ0n) is 18.7. The summed E-state index contributed by atoms with van der Waals surface area (Å²) in [6.45, 7) is 7.35. The number of hydrogen-bond donors (Lipinski definition) is 2. The van der Waals surface area contributed by atoms with Crippen LogP contribution in [0.15, 0.2) is 34.2 Å². The van der Waals surface area contributed by atoms with E-state index in [4.69, 9.17) is 4.74 Å². The van der Waals surface area contributed by atoms with E-state index in [1.807, 2.05) is 0 Å². The molecule has 1 saturated heterocycles. The Labute approximate surface area is 204 Å². The van der Waals surface area contributed by atoms with Crippen LogP contribution in [-0.2, 0) is 9.84 Å². The molecule has 2 aliphatic rings. The summed E-state index contributed by atoms with van der Waals surface area (Å²) in [7, 11) is -3.18. The summed E-state index contributed by atoms with van der Waals surface area (Å²) in [5, 5.41) is 6.89. The van der Waals surface area contributed by atoms with Gasteiger partial charge in [0.2, 0.25) is 0 Å². The molecule has 1 aromatic carbocycles. The van der Waals surface area contributed by atoms with Gasteiger partial charge in [0, 0.05) is 38.5 Å². The molecule has 9 heteroatoms. The Balaban J connectivity index is 0.00000341. The molecule has 1 atom stereocenters. The van der Waals surface area contributed by atoms with Crippen LogP contribution in [0.5, 0.6) is 5.75 Å². The molecule has 0 amide bonds. The molecule has 0 bridgehead atoms. The number of halogens is 1. The van der Waals surface area contributed by atoms with Crippen LogP contribution in [0.1, 0.15) is 39.0 Å². The SMILES string of the molecule is CCNC(=NCCOc1ccc(S(C)(=O)=O)cc1)NC1CCN(CC2CCCC2)C1.I. The van der Waals surface area contributed by atoms with Gasteiger partial charge in [-0.15, -0.1) is 24.0 Å². The Kier molecular flexibility index (Phi) is 10.8. The lowest BCUT2D eigenvalue weighted by Gasteiger charge is -2.21. The molecular formula is C22H37IN4O3S. The summed E-state index contributed by atoms with van der Waals surface area (Å²) in [4.78, 5) is 7.53. The zero-order valence-corrected chi connectivity index (χ0v) is 21.8. The van der Waals surface area contributed by atoms with Gasteiger partial charge in [0.05, 0.1) is 11.4 Å². The Morgan fingerprint density at radius 3 is 2.55 bits per heavy atom. The number of nitrogens with zero attached hydrogens (tertiary/aromatic N) is 2. The Bertz CT molecular complexity index is 795. The fourth-order valence-electron chi connectivity index (χ4n) is 4.29. The average molecular weight is 565 g/mol. The zero-order chi connectivity index (χ0) is 21.4. The largest absolute Gasteiger partial charge is 0.492 e. The highest BCUT2D eigenvalue weighted by Crippen LogP contribution is 2.26. The average Bonchev–Trinajstić information content (AvgIpc) is 3.37. The monoisotopic (exact) mass is 564 g/mol. The first kappa shape index (κ1) is 26.2. The number of rotatable bonds is 9. The minimum Gasteiger partial charge on any atom is -0.492 e. The molecule has 31 heavy (non-hydrogen) atoms. The number of likely N-dealkylation sites (tertiary alicyclic amines) is 1. The number of aliphatic imine (C=N–C) groups is 1. The van der Waals surface area contributed by atoms with Gasteiger partial charge < -0.3 is 20.3 Å². The number of sulfone groups is 1. The van der Waals surface area contributed by atoms with Crippen LogP contribution in [0, 0.1) is 5.92 Å². The van der Waals surface area contributed by atoms with E-state index < -0.39 is 9.84 Å². The van der Waals surface area contributed by atoms with Crippen LogP contribution < -0.4 is 15.4 Å². The number of nitrogens with one attached hydrogen (secondary N) is 2. The van der Waals surface area contributed by atoms with E-state index in [2.05, 4.69) is 27.4 Å². The number of guanidine groups is 1. The van der Waals surface area contributed by atoms with Gasteiger partial charge in [-0.05, 0) is 56.4 Å². The van der Waals surface area contributed by atoms with Crippen molar-refractivity contribution in [3.05, 3.63) is 24.3 Å². The van der Waals surface area contributed by atoms with Crippen molar-refractivity contribution < 1.29 is 13.2 Å². The third-order valence-corrected chi connectivity index (χ3v) is 6.96. The fraction of sp³-hybridized carbons (Fsp3) is 0.682. The van der Waals surface area contributed by atoms with E-state index >= 15 is 0 Å². The topological polar surface area (TPSA) is 83.0 Å². The van der Waals surface area contributed by atoms with Gasteiger partial charge in [0.25, 0.3) is 0 Å². The third-order valence-electron chi connectivity index (χ3n) is 5.83. The lowest BCUT2D eigenvalue weighted by atomic mass is 10.1. The molecule has 2 fully saturated rings. The molecular weight excluding hydrogens is 527 g/mol. The molecule has 1 aliphatic carbocycles. The molecule has 0 spiro atoms. The summed E-state index contributed by atoms with van der Waals surface area (Å²) in [5.74, 6) is 2.38. The molecule has 2 N–H and O–H groups in total. The molecule has 1 unspecified atom stereocenters. The number of benzene rings is 1. The van der Waals surface area contributed by atoms with E-state index in [1.165, 1.54) is 45.0 Å². The smallest absolute Gasteiger partial charge is 0.191 e. The fourth-order valence-corrected chi connectivity index (χ4v) is 4.92. The van der Waals surface area contributed by atoms with Crippen LogP contribution in [0.25, 0.3) is 0 Å². The lowest BCUT2D eigenvalue weighted by molar-refractivity contribution is 0.275. The second kappa shape index (κ2) is 12.8. The quantitative estimate of drug-likeness (QED) is 0.208. The van der Waals surface area contributed by atoms with Gasteiger partial charge in [-0.25, -0.2) is 13.4 Å². The van der Waals surface area contributed by atoms with Gasteiger partial charge >= 0.3 is 0 Å². The van der Waals surface area contributed by atoms with Crippen molar-refractivity contribution in [1.82, 2.24) is 15.5 Å². The second-order valence-electron chi connectivity index (χ2n) is 8.39. The molecule has 1 saturated carbocycles. The highest BCUT2D eigenvalue weighted by Gasteiger charge is 2.26. The van der Waals surface area contributed by atoms with Crippen molar-refractivity contribution in [2.24, 2.45) is 10.9 Å². The van der Waals surface area contributed by atoms with Crippen LogP contribution in [0.3, 0.4) is 0 Å². The van der Waals surface area contributed by atoms with Crippen molar-refractivity contribution >= 4 is 39.8 Å². The van der Waals surface area contributed by atoms with Crippen LogP contribution >= 0.6 is 24.0 Å². The third kappa shape index (κ3) is 8.76. The van der Waals surface area contributed by atoms with E-state index in [9.17, 15) is 8.42 Å². The first-order valence-electron chi connectivity index (χ1n) is 11.1. The molecule has 0 radical (unpaired) electrons. The van der Waals surface area contributed by atoms with Crippen LogP contribution in [0.2, 0.25) is 0 Å². The van der Waals surface area contributed by atoms with Crippen molar-refractivity contribution in [3.8, 4) is 5.75 Å². The predicted molar refractivity (Wildman–Crippen MR) is 136 cm³/mol. The standard InChI is InChI=1S/C22H36N4O3S.HI/c1-3-23-22(25-19-12-14-26(17-19)16-18-6-4-5-7-18)24-13-15-29-20-8-10-21(11-9-20)30(2,27)28;/h8-11,18-19H,3-7,12-17H2,1-2H3,(H2,23,24,25);1H. The highest BCUT2D eigenvalue weighted by atomic mass is 127. The highest BCUT2D eigenvalue weighted by molar-refractivity contribution is 14.0. The number of ether oxygens (including phenoxy) is 1. The van der Waals surface area contributed by atoms with Crippen LogP contribution in [0.4, 0.5) is 0 Å². The summed E-state index contributed by atoms with van der Waals surface area (Å²) >= 11 is 0. The first-order valence-corrected chi connectivity index (χ1v) is 13.0. The molecule has 1 aromatic rings. The van der Waals surface area contributed by atoms with E-state index in [0.717, 1.165) is 31.4 Å².